The summed E-state index contributed by atoms with van der Waals surface area (Å²) in [4.78, 5) is 0. The number of methoxy groups -OCH3 is 1. The third-order valence-corrected chi connectivity index (χ3v) is 3.20. The van der Waals surface area contributed by atoms with Crippen LogP contribution in [0.25, 0.3) is 0 Å². The number of phenols is 1. The summed E-state index contributed by atoms with van der Waals surface area (Å²) in [6, 6.07) is 5.72. The lowest BCUT2D eigenvalue weighted by Crippen LogP contribution is -2.03. The van der Waals surface area contributed by atoms with Gasteiger partial charge in [-0.3, -0.25) is 0 Å². The average molecular weight is 268 g/mol. The summed E-state index contributed by atoms with van der Waals surface area (Å²) in [5, 5.41) is 19.0. The molecule has 0 saturated heterocycles. The van der Waals surface area contributed by atoms with Crippen molar-refractivity contribution in [3.05, 3.63) is 22.2 Å². The number of nitrogens with zero attached hydrogens (tertiary/aromatic N) is 1. The molecule has 78 valence electrons. The van der Waals surface area contributed by atoms with Crippen LogP contribution in [0.1, 0.15) is 18.4 Å². The van der Waals surface area contributed by atoms with Crippen LogP contribution >= 0.6 is 15.9 Å². The van der Waals surface area contributed by atoms with Crippen LogP contribution in [-0.4, -0.2) is 12.2 Å². The lowest BCUT2D eigenvalue weighted by atomic mass is 9.96. The largest absolute Gasteiger partial charge is 0.504 e. The maximum atomic E-state index is 9.92. The molecule has 0 unspecified atom stereocenters. The number of rotatable bonds is 2. The molecule has 1 N–H and O–H groups in total. The van der Waals surface area contributed by atoms with Crippen molar-refractivity contribution in [3.63, 3.8) is 0 Å². The van der Waals surface area contributed by atoms with Crippen LogP contribution in [0.15, 0.2) is 16.6 Å². The van der Waals surface area contributed by atoms with Crippen molar-refractivity contribution in [1.82, 2.24) is 0 Å². The minimum Gasteiger partial charge on any atom is -0.504 e. The number of aromatic hydroxyl groups is 1. The molecule has 1 aromatic carbocycles. The quantitative estimate of drug-likeness (QED) is 0.897. The highest BCUT2D eigenvalue weighted by atomic mass is 79.9. The molecule has 1 aromatic rings. The number of hydrogen-bond donors (Lipinski definition) is 1. The number of benzene rings is 1. The minimum absolute atomic E-state index is 0.0831. The third kappa shape index (κ3) is 1.57. The van der Waals surface area contributed by atoms with E-state index < -0.39 is 5.41 Å². The molecule has 0 heterocycles. The van der Waals surface area contributed by atoms with Gasteiger partial charge in [0.25, 0.3) is 0 Å². The van der Waals surface area contributed by atoms with Gasteiger partial charge in [-0.25, -0.2) is 0 Å². The van der Waals surface area contributed by atoms with Gasteiger partial charge in [-0.05, 0) is 25.0 Å². The van der Waals surface area contributed by atoms with Crippen LogP contribution in [0.5, 0.6) is 11.5 Å². The standard InChI is InChI=1S/C11H10BrNO2/c1-15-9-5-7(12)4-8(10(9)14)11(6-13)2-3-11/h4-5,14H,2-3H2,1H3. The predicted octanol–water partition coefficient (Wildman–Crippen LogP) is 2.72. The fourth-order valence-electron chi connectivity index (χ4n) is 1.66. The van der Waals surface area contributed by atoms with Crippen LogP contribution in [-0.2, 0) is 5.41 Å². The zero-order valence-electron chi connectivity index (χ0n) is 8.25. The van der Waals surface area contributed by atoms with Crippen molar-refractivity contribution in [2.75, 3.05) is 7.11 Å². The molecular weight excluding hydrogens is 258 g/mol. The summed E-state index contributed by atoms with van der Waals surface area (Å²) < 4.78 is 5.86. The van der Waals surface area contributed by atoms with Crippen LogP contribution in [0.4, 0.5) is 0 Å². The fraction of sp³-hybridized carbons (Fsp3) is 0.364. The molecule has 15 heavy (non-hydrogen) atoms. The molecule has 0 radical (unpaired) electrons. The monoisotopic (exact) mass is 267 g/mol. The van der Waals surface area contributed by atoms with Crippen molar-refractivity contribution in [1.29, 1.82) is 5.26 Å². The second-order valence-electron chi connectivity index (χ2n) is 3.70. The lowest BCUT2D eigenvalue weighted by molar-refractivity contribution is 0.369. The summed E-state index contributed by atoms with van der Waals surface area (Å²) >= 11 is 3.34. The zero-order chi connectivity index (χ0) is 11.1. The van der Waals surface area contributed by atoms with Gasteiger partial charge >= 0.3 is 0 Å². The summed E-state index contributed by atoms with van der Waals surface area (Å²) in [6.45, 7) is 0. The van der Waals surface area contributed by atoms with Gasteiger partial charge in [0.15, 0.2) is 11.5 Å². The third-order valence-electron chi connectivity index (χ3n) is 2.74. The Bertz CT molecular complexity index is 447. The lowest BCUT2D eigenvalue weighted by Gasteiger charge is -2.12. The summed E-state index contributed by atoms with van der Waals surface area (Å²) in [5.41, 5.74) is 0.164. The molecule has 1 aliphatic rings. The van der Waals surface area contributed by atoms with Crippen molar-refractivity contribution >= 4 is 15.9 Å². The number of nitriles is 1. The van der Waals surface area contributed by atoms with E-state index in [1.165, 1.54) is 7.11 Å². The van der Waals surface area contributed by atoms with Gasteiger partial charge in [-0.15, -0.1) is 0 Å². The van der Waals surface area contributed by atoms with E-state index >= 15 is 0 Å². The second-order valence-corrected chi connectivity index (χ2v) is 4.61. The maximum Gasteiger partial charge on any atom is 0.162 e. The average Bonchev–Trinajstić information content (AvgIpc) is 3.01. The molecule has 1 fully saturated rings. The van der Waals surface area contributed by atoms with E-state index in [9.17, 15) is 5.11 Å². The molecule has 0 spiro atoms. The molecule has 3 nitrogen and oxygen atoms in total. The Morgan fingerprint density at radius 2 is 2.20 bits per heavy atom. The van der Waals surface area contributed by atoms with E-state index in [-0.39, 0.29) is 5.75 Å². The van der Waals surface area contributed by atoms with Crippen LogP contribution in [0, 0.1) is 11.3 Å². The number of hydrogen-bond acceptors (Lipinski definition) is 3. The van der Waals surface area contributed by atoms with E-state index in [0.717, 1.165) is 17.3 Å². The second kappa shape index (κ2) is 3.42. The number of ether oxygens (including phenoxy) is 1. The first-order chi connectivity index (χ1) is 7.13. The van der Waals surface area contributed by atoms with Crippen molar-refractivity contribution in [2.45, 2.75) is 18.3 Å². The van der Waals surface area contributed by atoms with E-state index in [0.29, 0.717) is 11.3 Å². The SMILES string of the molecule is COc1cc(Br)cc(C2(C#N)CC2)c1O. The molecule has 0 atom stereocenters. The first kappa shape index (κ1) is 10.3. The van der Waals surface area contributed by atoms with Gasteiger partial charge in [0, 0.05) is 10.0 Å². The van der Waals surface area contributed by atoms with Crippen molar-refractivity contribution in [3.8, 4) is 17.6 Å². The number of phenolic OH excluding ortho intramolecular Hbond substituents is 1. The topological polar surface area (TPSA) is 53.2 Å². The molecule has 0 amide bonds. The normalized spacial score (nSPS) is 16.9. The van der Waals surface area contributed by atoms with Gasteiger partial charge in [0.1, 0.15) is 0 Å². The van der Waals surface area contributed by atoms with Gasteiger partial charge in [-0.1, -0.05) is 15.9 Å². The van der Waals surface area contributed by atoms with E-state index in [1.807, 2.05) is 0 Å². The maximum absolute atomic E-state index is 9.92. The Hall–Kier alpha value is -1.21. The Balaban J connectivity index is 2.57. The van der Waals surface area contributed by atoms with E-state index in [1.54, 1.807) is 12.1 Å². The van der Waals surface area contributed by atoms with Gasteiger partial charge in [0.05, 0.1) is 18.6 Å². The van der Waals surface area contributed by atoms with Gasteiger partial charge in [-0.2, -0.15) is 5.26 Å². The summed E-state index contributed by atoms with van der Waals surface area (Å²) in [5.74, 6) is 0.487. The Kier molecular flexibility index (Phi) is 2.35. The van der Waals surface area contributed by atoms with Crippen LogP contribution < -0.4 is 4.74 Å². The van der Waals surface area contributed by atoms with Crippen molar-refractivity contribution in [2.24, 2.45) is 0 Å². The predicted molar refractivity (Wildman–Crippen MR) is 58.9 cm³/mol. The van der Waals surface area contributed by atoms with E-state index in [4.69, 9.17) is 10.00 Å². The smallest absolute Gasteiger partial charge is 0.162 e. The molecule has 4 heteroatoms. The Morgan fingerprint density at radius 1 is 1.53 bits per heavy atom. The highest BCUT2D eigenvalue weighted by Gasteiger charge is 2.47. The fourth-order valence-corrected chi connectivity index (χ4v) is 2.10. The molecule has 1 aliphatic carbocycles. The molecule has 0 aromatic heterocycles. The Labute approximate surface area is 96.4 Å². The van der Waals surface area contributed by atoms with E-state index in [2.05, 4.69) is 22.0 Å². The summed E-state index contributed by atoms with van der Waals surface area (Å²) in [6.07, 6.45) is 1.60. The Morgan fingerprint density at radius 3 is 2.67 bits per heavy atom. The highest BCUT2D eigenvalue weighted by Crippen LogP contribution is 2.53. The van der Waals surface area contributed by atoms with Gasteiger partial charge in [0.2, 0.25) is 0 Å². The molecule has 0 bridgehead atoms. The van der Waals surface area contributed by atoms with Crippen LogP contribution in [0.2, 0.25) is 0 Å². The number of halogens is 1. The molecular formula is C11H10BrNO2. The van der Waals surface area contributed by atoms with Crippen molar-refractivity contribution < 1.29 is 9.84 Å². The van der Waals surface area contributed by atoms with Crippen LogP contribution in [0.3, 0.4) is 0 Å². The summed E-state index contributed by atoms with van der Waals surface area (Å²) in [7, 11) is 1.50. The van der Waals surface area contributed by atoms with Gasteiger partial charge < -0.3 is 9.84 Å². The first-order valence-corrected chi connectivity index (χ1v) is 5.40. The molecule has 1 saturated carbocycles. The zero-order valence-corrected chi connectivity index (χ0v) is 9.84. The molecule has 2 rings (SSSR count). The minimum atomic E-state index is -0.499. The highest BCUT2D eigenvalue weighted by molar-refractivity contribution is 9.10. The molecule has 0 aliphatic heterocycles. The first-order valence-electron chi connectivity index (χ1n) is 4.61.